The summed E-state index contributed by atoms with van der Waals surface area (Å²) in [6, 6.07) is 7.79. The molecule has 0 aliphatic rings. The van der Waals surface area contributed by atoms with E-state index in [4.69, 9.17) is 10.5 Å². The first-order valence-corrected chi connectivity index (χ1v) is 6.52. The molecule has 0 heterocycles. The van der Waals surface area contributed by atoms with Crippen molar-refractivity contribution in [1.29, 1.82) is 0 Å². The molecule has 2 nitrogen and oxygen atoms in total. The van der Waals surface area contributed by atoms with Gasteiger partial charge >= 0.3 is 0 Å². The van der Waals surface area contributed by atoms with E-state index in [1.807, 2.05) is 36.0 Å². The zero-order valence-corrected chi connectivity index (χ0v) is 10.3. The largest absolute Gasteiger partial charge is 0.493 e. The lowest BCUT2D eigenvalue weighted by Gasteiger charge is -2.05. The van der Waals surface area contributed by atoms with E-state index in [-0.39, 0.29) is 0 Å². The molecular formula is C13H17NOS. The summed E-state index contributed by atoms with van der Waals surface area (Å²) in [6.45, 7) is 3.28. The molecule has 2 N–H and O–H groups in total. The zero-order chi connectivity index (χ0) is 11.6. The van der Waals surface area contributed by atoms with Gasteiger partial charge in [0.1, 0.15) is 5.75 Å². The second kappa shape index (κ2) is 8.09. The number of nitrogens with two attached hydrogens (primary N) is 1. The third-order valence-corrected chi connectivity index (χ3v) is 2.73. The Labute approximate surface area is 102 Å². The Morgan fingerprint density at radius 1 is 1.44 bits per heavy atom. The molecule has 1 aromatic carbocycles. The molecule has 1 aromatic rings. The fraction of sp³-hybridized carbons (Fsp3) is 0.385. The highest BCUT2D eigenvalue weighted by Crippen LogP contribution is 2.13. The van der Waals surface area contributed by atoms with Gasteiger partial charge in [-0.2, -0.15) is 11.8 Å². The first kappa shape index (κ1) is 13.0. The smallest absolute Gasteiger partial charge is 0.120 e. The van der Waals surface area contributed by atoms with Gasteiger partial charge in [0.05, 0.1) is 13.2 Å². The number of hydrogen-bond acceptors (Lipinski definition) is 3. The minimum Gasteiger partial charge on any atom is -0.493 e. The quantitative estimate of drug-likeness (QED) is 0.627. The van der Waals surface area contributed by atoms with Crippen molar-refractivity contribution in [2.24, 2.45) is 5.73 Å². The van der Waals surface area contributed by atoms with Gasteiger partial charge in [-0.3, -0.25) is 0 Å². The molecule has 0 unspecified atom stereocenters. The van der Waals surface area contributed by atoms with Gasteiger partial charge < -0.3 is 10.5 Å². The highest BCUT2D eigenvalue weighted by atomic mass is 32.2. The Morgan fingerprint density at radius 3 is 3.06 bits per heavy atom. The average Bonchev–Trinajstić information content (AvgIpc) is 2.33. The number of rotatable bonds is 5. The maximum Gasteiger partial charge on any atom is 0.120 e. The maximum absolute atomic E-state index is 5.61. The molecule has 0 aliphatic heterocycles. The van der Waals surface area contributed by atoms with E-state index in [0.717, 1.165) is 29.4 Å². The van der Waals surface area contributed by atoms with Gasteiger partial charge in [-0.15, -0.1) is 0 Å². The van der Waals surface area contributed by atoms with Crippen LogP contribution in [0, 0.1) is 11.8 Å². The zero-order valence-electron chi connectivity index (χ0n) is 9.53. The van der Waals surface area contributed by atoms with Crippen LogP contribution in [0.25, 0.3) is 0 Å². The normalized spacial score (nSPS) is 9.38. The van der Waals surface area contributed by atoms with E-state index < -0.39 is 0 Å². The number of benzene rings is 1. The maximum atomic E-state index is 5.61. The molecule has 0 atom stereocenters. The number of thioether (sulfide) groups is 1. The molecule has 86 valence electrons. The van der Waals surface area contributed by atoms with Crippen molar-refractivity contribution in [3.63, 3.8) is 0 Å². The minimum atomic E-state index is 0.387. The molecule has 0 saturated heterocycles. The Morgan fingerprint density at radius 2 is 2.31 bits per heavy atom. The molecule has 1 rings (SSSR count). The van der Waals surface area contributed by atoms with Crippen molar-refractivity contribution in [2.75, 3.05) is 24.7 Å². The number of ether oxygens (including phenoxy) is 1. The topological polar surface area (TPSA) is 35.2 Å². The van der Waals surface area contributed by atoms with Crippen LogP contribution in [0.2, 0.25) is 0 Å². The van der Waals surface area contributed by atoms with Crippen LogP contribution in [0.15, 0.2) is 24.3 Å². The second-order valence-electron chi connectivity index (χ2n) is 3.08. The van der Waals surface area contributed by atoms with Gasteiger partial charge in [0.15, 0.2) is 0 Å². The summed E-state index contributed by atoms with van der Waals surface area (Å²) < 4.78 is 5.61. The third-order valence-electron chi connectivity index (χ3n) is 1.87. The van der Waals surface area contributed by atoms with Crippen LogP contribution in [0.1, 0.15) is 12.5 Å². The molecule has 0 aliphatic carbocycles. The van der Waals surface area contributed by atoms with Gasteiger partial charge in [-0.25, -0.2) is 0 Å². The highest BCUT2D eigenvalue weighted by Gasteiger charge is 1.94. The van der Waals surface area contributed by atoms with Gasteiger partial charge in [-0.1, -0.05) is 24.8 Å². The summed E-state index contributed by atoms with van der Waals surface area (Å²) >= 11 is 1.88. The first-order valence-electron chi connectivity index (χ1n) is 5.36. The van der Waals surface area contributed by atoms with Crippen molar-refractivity contribution >= 4 is 11.8 Å². The van der Waals surface area contributed by atoms with E-state index >= 15 is 0 Å². The van der Waals surface area contributed by atoms with Crippen LogP contribution in [-0.4, -0.2) is 24.7 Å². The molecule has 0 aromatic heterocycles. The van der Waals surface area contributed by atoms with Gasteiger partial charge in [0.2, 0.25) is 0 Å². The molecule has 16 heavy (non-hydrogen) atoms. The molecule has 0 bridgehead atoms. The van der Waals surface area contributed by atoms with Crippen LogP contribution in [0.3, 0.4) is 0 Å². The molecule has 0 spiro atoms. The van der Waals surface area contributed by atoms with E-state index in [1.54, 1.807) is 0 Å². The van der Waals surface area contributed by atoms with Crippen LogP contribution < -0.4 is 10.5 Å². The lowest BCUT2D eigenvalue weighted by molar-refractivity contribution is 0.344. The van der Waals surface area contributed by atoms with Crippen LogP contribution in [-0.2, 0) is 0 Å². The summed E-state index contributed by atoms with van der Waals surface area (Å²) in [5.74, 6) is 8.84. The summed E-state index contributed by atoms with van der Waals surface area (Å²) in [5, 5.41) is 0. The standard InChI is InChI=1S/C13H17NOS/c1-2-16-10-9-15-13-7-3-5-12(11-13)6-4-8-14/h3,5,7,11H,2,8-10,14H2,1H3. The van der Waals surface area contributed by atoms with Crippen molar-refractivity contribution < 1.29 is 4.74 Å². The van der Waals surface area contributed by atoms with Gasteiger partial charge in [-0.05, 0) is 24.0 Å². The second-order valence-corrected chi connectivity index (χ2v) is 4.47. The SMILES string of the molecule is CCSCCOc1cccc(C#CCN)c1. The van der Waals surface area contributed by atoms with Crippen LogP contribution >= 0.6 is 11.8 Å². The summed E-state index contributed by atoms with van der Waals surface area (Å²) in [4.78, 5) is 0. The van der Waals surface area contributed by atoms with Crippen molar-refractivity contribution in [3.8, 4) is 17.6 Å². The molecule has 0 fully saturated rings. The monoisotopic (exact) mass is 235 g/mol. The van der Waals surface area contributed by atoms with E-state index in [9.17, 15) is 0 Å². The highest BCUT2D eigenvalue weighted by molar-refractivity contribution is 7.99. The Bertz CT molecular complexity index is 368. The molecule has 3 heteroatoms. The van der Waals surface area contributed by atoms with E-state index in [2.05, 4.69) is 18.8 Å². The Hall–Kier alpha value is -1.11. The Kier molecular flexibility index (Phi) is 6.55. The average molecular weight is 235 g/mol. The van der Waals surface area contributed by atoms with Crippen LogP contribution in [0.5, 0.6) is 5.75 Å². The molecule has 0 radical (unpaired) electrons. The lowest BCUT2D eigenvalue weighted by Crippen LogP contribution is -2.00. The van der Waals surface area contributed by atoms with Crippen molar-refractivity contribution in [1.82, 2.24) is 0 Å². The molecule has 0 amide bonds. The van der Waals surface area contributed by atoms with E-state index in [0.29, 0.717) is 6.54 Å². The van der Waals surface area contributed by atoms with Gasteiger partial charge in [0.25, 0.3) is 0 Å². The van der Waals surface area contributed by atoms with E-state index in [1.165, 1.54) is 0 Å². The lowest BCUT2D eigenvalue weighted by atomic mass is 10.2. The number of hydrogen-bond donors (Lipinski definition) is 1. The van der Waals surface area contributed by atoms with Crippen molar-refractivity contribution in [3.05, 3.63) is 29.8 Å². The van der Waals surface area contributed by atoms with Crippen LogP contribution in [0.4, 0.5) is 0 Å². The minimum absolute atomic E-state index is 0.387. The fourth-order valence-corrected chi connectivity index (χ4v) is 1.67. The summed E-state index contributed by atoms with van der Waals surface area (Å²) in [6.07, 6.45) is 0. The first-order chi connectivity index (χ1) is 7.86. The Balaban J connectivity index is 2.47. The van der Waals surface area contributed by atoms with Crippen molar-refractivity contribution in [2.45, 2.75) is 6.92 Å². The summed E-state index contributed by atoms with van der Waals surface area (Å²) in [7, 11) is 0. The molecule has 0 saturated carbocycles. The van der Waals surface area contributed by atoms with Gasteiger partial charge in [0, 0.05) is 11.3 Å². The predicted octanol–water partition coefficient (Wildman–Crippen LogP) is 2.13. The predicted molar refractivity (Wildman–Crippen MR) is 70.9 cm³/mol. The fourth-order valence-electron chi connectivity index (χ4n) is 1.18. The third kappa shape index (κ3) is 5.11. The summed E-state index contributed by atoms with van der Waals surface area (Å²) in [5.41, 5.74) is 6.27. The molecular weight excluding hydrogens is 218 g/mol.